The molecule has 96 valence electrons. The van der Waals surface area contributed by atoms with E-state index < -0.39 is 0 Å². The molecule has 1 heterocycles. The Labute approximate surface area is 109 Å². The van der Waals surface area contributed by atoms with E-state index in [1.54, 1.807) is 0 Å². The van der Waals surface area contributed by atoms with Gasteiger partial charge in [-0.05, 0) is 44.9 Å². The zero-order chi connectivity index (χ0) is 13.2. The fourth-order valence-corrected chi connectivity index (χ4v) is 2.24. The SMILES string of the molecule is CC1CC(C)(C)OB(/C=C/c2ccc(N)cc2)O1. The molecule has 1 unspecified atom stereocenters. The molecule has 1 aromatic carbocycles. The summed E-state index contributed by atoms with van der Waals surface area (Å²) in [7, 11) is -0.277. The number of anilines is 1. The fraction of sp³-hybridized carbons (Fsp3) is 0.429. The van der Waals surface area contributed by atoms with Crippen molar-refractivity contribution in [2.75, 3.05) is 5.73 Å². The van der Waals surface area contributed by atoms with Crippen LogP contribution in [0.4, 0.5) is 5.69 Å². The van der Waals surface area contributed by atoms with Gasteiger partial charge < -0.3 is 15.0 Å². The summed E-state index contributed by atoms with van der Waals surface area (Å²) < 4.78 is 11.6. The van der Waals surface area contributed by atoms with E-state index in [1.165, 1.54) is 0 Å². The molecule has 3 nitrogen and oxygen atoms in total. The molecule has 2 rings (SSSR count). The highest BCUT2D eigenvalue weighted by Crippen LogP contribution is 2.26. The number of hydrogen-bond donors (Lipinski definition) is 1. The Balaban J connectivity index is 2.02. The minimum atomic E-state index is -0.277. The van der Waals surface area contributed by atoms with Crippen LogP contribution in [-0.4, -0.2) is 18.8 Å². The molecule has 1 saturated heterocycles. The van der Waals surface area contributed by atoms with Gasteiger partial charge in [-0.15, -0.1) is 0 Å². The van der Waals surface area contributed by atoms with E-state index in [-0.39, 0.29) is 18.8 Å². The normalized spacial score (nSPS) is 23.5. The van der Waals surface area contributed by atoms with E-state index >= 15 is 0 Å². The largest absolute Gasteiger partial charge is 0.486 e. The highest BCUT2D eigenvalue weighted by atomic mass is 16.6. The van der Waals surface area contributed by atoms with Crippen LogP contribution in [0.15, 0.2) is 30.2 Å². The smallest absolute Gasteiger partial charge is 0.405 e. The molecule has 18 heavy (non-hydrogen) atoms. The van der Waals surface area contributed by atoms with Crippen molar-refractivity contribution >= 4 is 18.9 Å². The summed E-state index contributed by atoms with van der Waals surface area (Å²) in [5, 5.41) is 0. The third-order valence-electron chi connectivity index (χ3n) is 2.96. The first-order valence-electron chi connectivity index (χ1n) is 6.32. The fourth-order valence-electron chi connectivity index (χ4n) is 2.24. The van der Waals surface area contributed by atoms with Crippen molar-refractivity contribution in [2.24, 2.45) is 0 Å². The van der Waals surface area contributed by atoms with Gasteiger partial charge in [0.2, 0.25) is 0 Å². The Hall–Kier alpha value is -1.26. The molecule has 0 aliphatic carbocycles. The van der Waals surface area contributed by atoms with E-state index in [4.69, 9.17) is 15.0 Å². The molecule has 0 aromatic heterocycles. The summed E-state index contributed by atoms with van der Waals surface area (Å²) in [5.41, 5.74) is 7.38. The number of rotatable bonds is 2. The van der Waals surface area contributed by atoms with Gasteiger partial charge in [0.15, 0.2) is 0 Å². The summed E-state index contributed by atoms with van der Waals surface area (Å²) in [6, 6.07) is 7.72. The zero-order valence-electron chi connectivity index (χ0n) is 11.2. The Kier molecular flexibility index (Phi) is 3.78. The van der Waals surface area contributed by atoms with Crippen molar-refractivity contribution in [3.8, 4) is 0 Å². The zero-order valence-corrected chi connectivity index (χ0v) is 11.2. The number of hydrogen-bond acceptors (Lipinski definition) is 3. The summed E-state index contributed by atoms with van der Waals surface area (Å²) in [6.07, 6.45) is 3.13. The van der Waals surface area contributed by atoms with Gasteiger partial charge in [0, 0.05) is 11.8 Å². The van der Waals surface area contributed by atoms with Gasteiger partial charge in [-0.2, -0.15) is 0 Å². The maximum absolute atomic E-state index is 5.86. The third-order valence-corrected chi connectivity index (χ3v) is 2.96. The molecule has 0 radical (unpaired) electrons. The molecular formula is C14H20BNO2. The highest BCUT2D eigenvalue weighted by molar-refractivity contribution is 6.52. The van der Waals surface area contributed by atoms with E-state index in [2.05, 4.69) is 20.8 Å². The van der Waals surface area contributed by atoms with Gasteiger partial charge >= 0.3 is 7.12 Å². The van der Waals surface area contributed by atoms with Crippen molar-refractivity contribution in [3.63, 3.8) is 0 Å². The Bertz CT molecular complexity index is 428. The van der Waals surface area contributed by atoms with Crippen molar-refractivity contribution in [2.45, 2.75) is 38.9 Å². The molecule has 0 bridgehead atoms. The molecule has 1 atom stereocenters. The predicted molar refractivity (Wildman–Crippen MR) is 76.0 cm³/mol. The van der Waals surface area contributed by atoms with E-state index in [9.17, 15) is 0 Å². The first-order valence-corrected chi connectivity index (χ1v) is 6.32. The molecular weight excluding hydrogens is 225 g/mol. The second-order valence-corrected chi connectivity index (χ2v) is 5.42. The van der Waals surface area contributed by atoms with Crippen LogP contribution in [0.3, 0.4) is 0 Å². The summed E-state index contributed by atoms with van der Waals surface area (Å²) in [4.78, 5) is 0. The lowest BCUT2D eigenvalue weighted by atomic mass is 9.82. The number of benzene rings is 1. The molecule has 2 N–H and O–H groups in total. The van der Waals surface area contributed by atoms with Gasteiger partial charge in [-0.25, -0.2) is 0 Å². The second-order valence-electron chi connectivity index (χ2n) is 5.42. The van der Waals surface area contributed by atoms with Crippen LogP contribution in [0.1, 0.15) is 32.8 Å². The van der Waals surface area contributed by atoms with Crippen LogP contribution in [0.2, 0.25) is 0 Å². The van der Waals surface area contributed by atoms with Gasteiger partial charge in [0.25, 0.3) is 0 Å². The van der Waals surface area contributed by atoms with E-state index in [0.29, 0.717) is 0 Å². The van der Waals surface area contributed by atoms with Crippen LogP contribution in [0.25, 0.3) is 6.08 Å². The number of nitrogen functional groups attached to an aromatic ring is 1. The molecule has 1 aliphatic heterocycles. The average Bonchev–Trinajstić information content (AvgIpc) is 2.25. The minimum absolute atomic E-state index is 0.131. The van der Waals surface area contributed by atoms with Crippen molar-refractivity contribution in [1.29, 1.82) is 0 Å². The van der Waals surface area contributed by atoms with Crippen LogP contribution >= 0.6 is 0 Å². The summed E-state index contributed by atoms with van der Waals surface area (Å²) in [5.74, 6) is 1.95. The van der Waals surface area contributed by atoms with Crippen molar-refractivity contribution in [3.05, 3.63) is 35.8 Å². The molecule has 1 fully saturated rings. The first kappa shape index (κ1) is 13.2. The number of nitrogens with two attached hydrogens (primary N) is 1. The molecule has 0 spiro atoms. The maximum Gasteiger partial charge on any atom is 0.486 e. The van der Waals surface area contributed by atoms with Crippen LogP contribution < -0.4 is 5.73 Å². The van der Waals surface area contributed by atoms with Crippen molar-refractivity contribution < 1.29 is 9.31 Å². The molecule has 1 aromatic rings. The topological polar surface area (TPSA) is 44.5 Å². The lowest BCUT2D eigenvalue weighted by molar-refractivity contribution is -0.0235. The highest BCUT2D eigenvalue weighted by Gasteiger charge is 2.35. The van der Waals surface area contributed by atoms with E-state index in [0.717, 1.165) is 17.7 Å². The Morgan fingerprint density at radius 1 is 1.33 bits per heavy atom. The maximum atomic E-state index is 5.86. The molecule has 4 heteroatoms. The molecule has 0 amide bonds. The van der Waals surface area contributed by atoms with Gasteiger partial charge in [-0.3, -0.25) is 0 Å². The Morgan fingerprint density at radius 2 is 2.00 bits per heavy atom. The lowest BCUT2D eigenvalue weighted by Crippen LogP contribution is -2.45. The molecule has 1 aliphatic rings. The van der Waals surface area contributed by atoms with Gasteiger partial charge in [0.05, 0.1) is 5.60 Å². The lowest BCUT2D eigenvalue weighted by Gasteiger charge is -2.37. The monoisotopic (exact) mass is 245 g/mol. The van der Waals surface area contributed by atoms with Crippen LogP contribution in [0, 0.1) is 0 Å². The summed E-state index contributed by atoms with van der Waals surface area (Å²) >= 11 is 0. The molecule has 0 saturated carbocycles. The second kappa shape index (κ2) is 5.16. The standard InChI is InChI=1S/C14H20BNO2/c1-11-10-14(2,3)18-15(17-11)9-8-12-4-6-13(16)7-5-12/h4-9,11H,10,16H2,1-3H3/b9-8+. The minimum Gasteiger partial charge on any atom is -0.405 e. The van der Waals surface area contributed by atoms with Gasteiger partial charge in [-0.1, -0.05) is 24.2 Å². The third kappa shape index (κ3) is 3.62. The van der Waals surface area contributed by atoms with Crippen LogP contribution in [-0.2, 0) is 9.31 Å². The van der Waals surface area contributed by atoms with E-state index in [1.807, 2.05) is 36.3 Å². The summed E-state index contributed by atoms with van der Waals surface area (Å²) in [6.45, 7) is 6.26. The van der Waals surface area contributed by atoms with Crippen LogP contribution in [0.5, 0.6) is 0 Å². The first-order chi connectivity index (χ1) is 8.44. The van der Waals surface area contributed by atoms with Crippen molar-refractivity contribution in [1.82, 2.24) is 0 Å². The predicted octanol–water partition coefficient (Wildman–Crippen LogP) is 2.91. The Morgan fingerprint density at radius 3 is 2.61 bits per heavy atom. The quantitative estimate of drug-likeness (QED) is 0.643. The van der Waals surface area contributed by atoms with Gasteiger partial charge in [0.1, 0.15) is 0 Å². The average molecular weight is 245 g/mol.